The quantitative estimate of drug-likeness (QED) is 0.438. The van der Waals surface area contributed by atoms with E-state index < -0.39 is 0 Å². The average molecular weight is 475 g/mol. The van der Waals surface area contributed by atoms with Gasteiger partial charge in [0.25, 0.3) is 0 Å². The molecule has 0 saturated carbocycles. The number of hydrogen-bond donors (Lipinski definition) is 1. The van der Waals surface area contributed by atoms with Crippen molar-refractivity contribution in [1.82, 2.24) is 25.1 Å². The van der Waals surface area contributed by atoms with Crippen molar-refractivity contribution in [2.24, 2.45) is 5.92 Å². The highest BCUT2D eigenvalue weighted by atomic mass is 35.5. The van der Waals surface area contributed by atoms with E-state index in [1.54, 1.807) is 6.33 Å². The summed E-state index contributed by atoms with van der Waals surface area (Å²) in [6.07, 6.45) is 3.17. The van der Waals surface area contributed by atoms with Crippen molar-refractivity contribution in [3.8, 4) is 11.3 Å². The highest BCUT2D eigenvalue weighted by Gasteiger charge is 2.28. The largest absolute Gasteiger partial charge is 0.356 e. The fraction of sp³-hybridized carbons (Fsp3) is 0.308. The van der Waals surface area contributed by atoms with Gasteiger partial charge in [-0.1, -0.05) is 54.1 Å². The van der Waals surface area contributed by atoms with Crippen LogP contribution in [0.5, 0.6) is 0 Å². The third-order valence-corrected chi connectivity index (χ3v) is 6.65. The normalized spacial score (nSPS) is 14.5. The Balaban J connectivity index is 1.35. The van der Waals surface area contributed by atoms with Crippen molar-refractivity contribution in [2.45, 2.75) is 32.9 Å². The second-order valence-corrected chi connectivity index (χ2v) is 8.97. The maximum Gasteiger partial charge on any atom is 0.223 e. The number of rotatable bonds is 6. The van der Waals surface area contributed by atoms with Gasteiger partial charge in [-0.15, -0.1) is 0 Å². The topological polar surface area (TPSA) is 75.9 Å². The summed E-state index contributed by atoms with van der Waals surface area (Å²) in [6, 6.07) is 17.7. The van der Waals surface area contributed by atoms with Gasteiger partial charge < -0.3 is 10.2 Å². The number of anilines is 1. The molecule has 1 N–H and O–H groups in total. The first kappa shape index (κ1) is 22.3. The number of benzene rings is 2. The van der Waals surface area contributed by atoms with Crippen LogP contribution in [0.1, 0.15) is 25.3 Å². The summed E-state index contributed by atoms with van der Waals surface area (Å²) in [7, 11) is 0. The van der Waals surface area contributed by atoms with Crippen molar-refractivity contribution in [1.29, 1.82) is 0 Å². The molecule has 0 aliphatic carbocycles. The van der Waals surface area contributed by atoms with Gasteiger partial charge in [-0.3, -0.25) is 4.79 Å². The van der Waals surface area contributed by atoms with E-state index in [0.29, 0.717) is 18.1 Å². The van der Waals surface area contributed by atoms with Crippen molar-refractivity contribution in [3.05, 3.63) is 71.5 Å². The lowest BCUT2D eigenvalue weighted by Gasteiger charge is -2.32. The summed E-state index contributed by atoms with van der Waals surface area (Å²) in [5.41, 5.74) is 3.76. The maximum absolute atomic E-state index is 12.8. The van der Waals surface area contributed by atoms with Crippen molar-refractivity contribution in [2.75, 3.05) is 18.0 Å². The van der Waals surface area contributed by atoms with E-state index in [2.05, 4.69) is 27.1 Å². The molecule has 1 aliphatic heterocycles. The van der Waals surface area contributed by atoms with E-state index in [1.165, 1.54) is 0 Å². The number of amides is 1. The fourth-order valence-corrected chi connectivity index (χ4v) is 4.67. The first-order valence-corrected chi connectivity index (χ1v) is 12.1. The van der Waals surface area contributed by atoms with Gasteiger partial charge in [0.05, 0.1) is 5.39 Å². The summed E-state index contributed by atoms with van der Waals surface area (Å²) in [5, 5.41) is 9.56. The molecule has 0 spiro atoms. The van der Waals surface area contributed by atoms with Gasteiger partial charge in [0.15, 0.2) is 5.65 Å². The number of carbonyl (C=O) groups excluding carboxylic acids is 1. The van der Waals surface area contributed by atoms with Crippen LogP contribution < -0.4 is 10.2 Å². The van der Waals surface area contributed by atoms with Gasteiger partial charge in [-0.25, -0.2) is 14.6 Å². The van der Waals surface area contributed by atoms with Crippen LogP contribution in [0.2, 0.25) is 5.02 Å². The lowest BCUT2D eigenvalue weighted by atomic mass is 9.95. The zero-order chi connectivity index (χ0) is 23.5. The van der Waals surface area contributed by atoms with Crippen LogP contribution in [0.15, 0.2) is 60.9 Å². The number of aromatic nitrogens is 4. The zero-order valence-corrected chi connectivity index (χ0v) is 19.9. The number of hydrogen-bond acceptors (Lipinski definition) is 5. The molecule has 1 amide bonds. The van der Waals surface area contributed by atoms with E-state index in [4.69, 9.17) is 16.7 Å². The molecule has 4 aromatic rings. The molecular formula is C26H27ClN6O. The third-order valence-electron chi connectivity index (χ3n) is 6.40. The minimum atomic E-state index is 0.00592. The third kappa shape index (κ3) is 4.48. The standard InChI is InChI=1S/C26H27ClN6O/c1-2-33-25-22(23(31-33)19-8-10-21(27)11-9-19)24(29-17-30-25)32-14-12-20(13-15-32)26(34)28-16-18-6-4-3-5-7-18/h3-11,17,20H,2,12-16H2,1H3,(H,28,34). The number of piperidine rings is 1. The minimum absolute atomic E-state index is 0.00592. The SMILES string of the molecule is CCn1nc(-c2ccc(Cl)cc2)c2c(N3CCC(C(=O)NCc4ccccc4)CC3)ncnc21. The van der Waals surface area contributed by atoms with Gasteiger partial charge in [0.1, 0.15) is 17.8 Å². The molecule has 7 nitrogen and oxygen atoms in total. The molecule has 1 fully saturated rings. The van der Waals surface area contributed by atoms with Gasteiger partial charge in [0.2, 0.25) is 5.91 Å². The van der Waals surface area contributed by atoms with E-state index >= 15 is 0 Å². The molecule has 2 aromatic carbocycles. The zero-order valence-electron chi connectivity index (χ0n) is 19.1. The molecule has 0 bridgehead atoms. The molecule has 1 saturated heterocycles. The van der Waals surface area contributed by atoms with Crippen LogP contribution in [0.4, 0.5) is 5.82 Å². The second kappa shape index (κ2) is 9.81. The van der Waals surface area contributed by atoms with Gasteiger partial charge in [0, 0.05) is 42.7 Å². The van der Waals surface area contributed by atoms with Crippen LogP contribution in [0.25, 0.3) is 22.3 Å². The molecular weight excluding hydrogens is 448 g/mol. The Kier molecular flexibility index (Phi) is 6.45. The van der Waals surface area contributed by atoms with Crippen molar-refractivity contribution < 1.29 is 4.79 Å². The summed E-state index contributed by atoms with van der Waals surface area (Å²) in [6.45, 7) is 4.84. The van der Waals surface area contributed by atoms with Crippen LogP contribution in [0, 0.1) is 5.92 Å². The molecule has 0 radical (unpaired) electrons. The molecule has 3 heterocycles. The Morgan fingerprint density at radius 2 is 1.79 bits per heavy atom. The van der Waals surface area contributed by atoms with Crippen LogP contribution in [-0.4, -0.2) is 38.7 Å². The lowest BCUT2D eigenvalue weighted by molar-refractivity contribution is -0.125. The number of fused-ring (bicyclic) bond motifs is 1. The number of carbonyl (C=O) groups is 1. The minimum Gasteiger partial charge on any atom is -0.356 e. The number of aryl methyl sites for hydroxylation is 1. The van der Waals surface area contributed by atoms with Gasteiger partial charge >= 0.3 is 0 Å². The molecule has 1 aliphatic rings. The van der Waals surface area contributed by atoms with Crippen LogP contribution in [0.3, 0.4) is 0 Å². The van der Waals surface area contributed by atoms with Crippen molar-refractivity contribution >= 4 is 34.4 Å². The van der Waals surface area contributed by atoms with E-state index in [9.17, 15) is 4.79 Å². The molecule has 0 atom stereocenters. The van der Waals surface area contributed by atoms with Gasteiger partial charge in [-0.2, -0.15) is 5.10 Å². The molecule has 174 valence electrons. The molecule has 5 rings (SSSR count). The highest BCUT2D eigenvalue weighted by Crippen LogP contribution is 2.35. The average Bonchev–Trinajstić information content (AvgIpc) is 3.27. The molecule has 0 unspecified atom stereocenters. The predicted molar refractivity (Wildman–Crippen MR) is 135 cm³/mol. The van der Waals surface area contributed by atoms with E-state index in [1.807, 2.05) is 59.3 Å². The number of nitrogens with zero attached hydrogens (tertiary/aromatic N) is 5. The molecule has 2 aromatic heterocycles. The van der Waals surface area contributed by atoms with E-state index in [-0.39, 0.29) is 11.8 Å². The predicted octanol–water partition coefficient (Wildman–Crippen LogP) is 4.70. The lowest BCUT2D eigenvalue weighted by Crippen LogP contribution is -2.40. The van der Waals surface area contributed by atoms with Crippen LogP contribution in [-0.2, 0) is 17.9 Å². The molecule has 8 heteroatoms. The fourth-order valence-electron chi connectivity index (χ4n) is 4.55. The Hall–Kier alpha value is -3.45. The summed E-state index contributed by atoms with van der Waals surface area (Å²) in [4.78, 5) is 24.2. The Morgan fingerprint density at radius 1 is 1.06 bits per heavy atom. The van der Waals surface area contributed by atoms with Crippen molar-refractivity contribution in [3.63, 3.8) is 0 Å². The monoisotopic (exact) mass is 474 g/mol. The number of nitrogens with one attached hydrogen (secondary N) is 1. The Labute approximate surface area is 203 Å². The van der Waals surface area contributed by atoms with Crippen LogP contribution >= 0.6 is 11.6 Å². The first-order chi connectivity index (χ1) is 16.6. The summed E-state index contributed by atoms with van der Waals surface area (Å²) in [5.74, 6) is 1.00. The molecule has 34 heavy (non-hydrogen) atoms. The van der Waals surface area contributed by atoms with Gasteiger partial charge in [-0.05, 0) is 37.5 Å². The highest BCUT2D eigenvalue weighted by molar-refractivity contribution is 6.30. The summed E-state index contributed by atoms with van der Waals surface area (Å²) < 4.78 is 1.91. The summed E-state index contributed by atoms with van der Waals surface area (Å²) >= 11 is 6.11. The van der Waals surface area contributed by atoms with E-state index in [0.717, 1.165) is 59.6 Å². The Bertz CT molecular complexity index is 1280. The second-order valence-electron chi connectivity index (χ2n) is 8.53. The first-order valence-electron chi connectivity index (χ1n) is 11.7. The Morgan fingerprint density at radius 3 is 2.50 bits per heavy atom. The maximum atomic E-state index is 12.8. The number of halogens is 1. The smallest absolute Gasteiger partial charge is 0.223 e.